The predicted octanol–water partition coefficient (Wildman–Crippen LogP) is 3.95. The van der Waals surface area contributed by atoms with E-state index in [-0.39, 0.29) is 34.9 Å². The van der Waals surface area contributed by atoms with Gasteiger partial charge in [-0.25, -0.2) is 27.8 Å². The van der Waals surface area contributed by atoms with Gasteiger partial charge in [-0.1, -0.05) is 12.1 Å². The van der Waals surface area contributed by atoms with Crippen LogP contribution in [0.4, 0.5) is 29.5 Å². The van der Waals surface area contributed by atoms with Crippen LogP contribution in [0.1, 0.15) is 12.5 Å². The first-order valence-electron chi connectivity index (χ1n) is 8.91. The summed E-state index contributed by atoms with van der Waals surface area (Å²) in [6.07, 6.45) is 0. The van der Waals surface area contributed by atoms with Crippen molar-refractivity contribution in [2.24, 2.45) is 5.73 Å². The van der Waals surface area contributed by atoms with Crippen molar-refractivity contribution in [2.75, 3.05) is 4.90 Å². The van der Waals surface area contributed by atoms with E-state index in [9.17, 15) is 22.8 Å². The largest absolute Gasteiger partial charge is 0.461 e. The summed E-state index contributed by atoms with van der Waals surface area (Å²) in [4.78, 5) is 28.5. The Kier molecular flexibility index (Phi) is 6.56. The second kappa shape index (κ2) is 9.14. The molecule has 2 amide bonds. The first-order chi connectivity index (χ1) is 14.7. The molecule has 0 aliphatic rings. The number of para-hydroxylation sites is 1. The van der Waals surface area contributed by atoms with Gasteiger partial charge in [0.05, 0.1) is 11.4 Å². The second-order valence-electron chi connectivity index (χ2n) is 6.43. The van der Waals surface area contributed by atoms with E-state index in [1.807, 2.05) is 0 Å². The summed E-state index contributed by atoms with van der Waals surface area (Å²) in [5.41, 5.74) is 5.50. The molecule has 0 aliphatic carbocycles. The van der Waals surface area contributed by atoms with Crippen LogP contribution in [0.3, 0.4) is 0 Å². The third-order valence-corrected chi connectivity index (χ3v) is 4.74. The van der Waals surface area contributed by atoms with Crippen LogP contribution in [0, 0.1) is 17.5 Å². The molecular formula is C21H17F3N3O3P. The number of nitrogens with zero attached hydrogens (tertiary/aromatic N) is 2. The number of amides is 2. The number of ether oxygens (including phenoxy) is 1. The number of nitrogens with two attached hydrogens (primary N) is 1. The molecule has 0 spiro atoms. The summed E-state index contributed by atoms with van der Waals surface area (Å²) in [5.74, 6) is -3.13. The number of rotatable bonds is 5. The van der Waals surface area contributed by atoms with Crippen LogP contribution in [0.5, 0.6) is 0 Å². The summed E-state index contributed by atoms with van der Waals surface area (Å²) >= 11 is 0. The minimum absolute atomic E-state index is 0.0239. The number of aromatic nitrogens is 1. The molecule has 0 fully saturated rings. The minimum Gasteiger partial charge on any atom is -0.461 e. The van der Waals surface area contributed by atoms with Gasteiger partial charge in [0.1, 0.15) is 29.9 Å². The van der Waals surface area contributed by atoms with Crippen molar-refractivity contribution in [2.45, 2.75) is 13.5 Å². The summed E-state index contributed by atoms with van der Waals surface area (Å²) in [7, 11) is 2.29. The fourth-order valence-corrected chi connectivity index (χ4v) is 3.30. The van der Waals surface area contributed by atoms with E-state index in [0.717, 1.165) is 23.1 Å². The summed E-state index contributed by atoms with van der Waals surface area (Å²) in [6, 6.07) is 8.77. The van der Waals surface area contributed by atoms with E-state index in [0.29, 0.717) is 11.4 Å². The van der Waals surface area contributed by atoms with Gasteiger partial charge in [-0.05, 0) is 35.6 Å². The monoisotopic (exact) mass is 447 g/mol. The summed E-state index contributed by atoms with van der Waals surface area (Å²) in [5, 5.41) is 0.333. The van der Waals surface area contributed by atoms with Crippen molar-refractivity contribution >= 4 is 38.1 Å². The normalized spacial score (nSPS) is 10.6. The van der Waals surface area contributed by atoms with Crippen LogP contribution in [0.25, 0.3) is 11.3 Å². The number of hydrogen-bond acceptors (Lipinski definition) is 4. The molecule has 1 atom stereocenters. The fourth-order valence-electron chi connectivity index (χ4n) is 2.92. The Morgan fingerprint density at radius 1 is 1.10 bits per heavy atom. The molecule has 0 aliphatic heterocycles. The third kappa shape index (κ3) is 4.83. The standard InChI is InChI=1S/C21H17F3N3O3P/c1-11(28)30-10-12-5-8-18(26-19(12)14-7-6-13(22)9-16(14)24)27(21(25)29)20-15(23)3-2-4-17(20)31/h2-9H,10,31H2,1H3,(H2,25,29). The number of urea groups is 1. The van der Waals surface area contributed by atoms with Crippen molar-refractivity contribution in [3.8, 4) is 11.3 Å². The average Bonchev–Trinajstić information content (AvgIpc) is 2.69. The van der Waals surface area contributed by atoms with Gasteiger partial charge in [0.2, 0.25) is 0 Å². The molecule has 0 saturated heterocycles. The maximum atomic E-state index is 14.5. The highest BCUT2D eigenvalue weighted by Crippen LogP contribution is 2.32. The molecule has 3 rings (SSSR count). The van der Waals surface area contributed by atoms with Gasteiger partial charge in [0, 0.05) is 24.1 Å². The molecule has 2 N–H and O–H groups in total. The Bertz CT molecular complexity index is 1150. The zero-order chi connectivity index (χ0) is 22.7. The van der Waals surface area contributed by atoms with E-state index in [4.69, 9.17) is 10.5 Å². The van der Waals surface area contributed by atoms with E-state index in [1.54, 1.807) is 6.07 Å². The number of anilines is 2. The number of benzene rings is 2. The molecule has 0 bridgehead atoms. The van der Waals surface area contributed by atoms with Crippen LogP contribution in [-0.2, 0) is 16.1 Å². The smallest absolute Gasteiger partial charge is 0.325 e. The number of carbonyl (C=O) groups excluding carboxylic acids is 2. The van der Waals surface area contributed by atoms with Gasteiger partial charge in [-0.15, -0.1) is 9.24 Å². The van der Waals surface area contributed by atoms with Crippen molar-refractivity contribution < 1.29 is 27.5 Å². The molecule has 160 valence electrons. The Morgan fingerprint density at radius 3 is 2.45 bits per heavy atom. The minimum atomic E-state index is -1.03. The first-order valence-corrected chi connectivity index (χ1v) is 9.49. The lowest BCUT2D eigenvalue weighted by Crippen LogP contribution is -2.35. The van der Waals surface area contributed by atoms with Crippen molar-refractivity contribution in [1.29, 1.82) is 0 Å². The SMILES string of the molecule is CC(=O)OCc1ccc(N(C(N)=O)c2c(F)cccc2P)nc1-c1ccc(F)cc1F. The number of carbonyl (C=O) groups is 2. The van der Waals surface area contributed by atoms with Crippen molar-refractivity contribution in [3.63, 3.8) is 0 Å². The van der Waals surface area contributed by atoms with Gasteiger partial charge in [0.25, 0.3) is 0 Å². The van der Waals surface area contributed by atoms with Crippen LogP contribution in [0.15, 0.2) is 48.5 Å². The highest BCUT2D eigenvalue weighted by molar-refractivity contribution is 7.28. The van der Waals surface area contributed by atoms with Gasteiger partial charge >= 0.3 is 12.0 Å². The zero-order valence-electron chi connectivity index (χ0n) is 16.2. The Balaban J connectivity index is 2.21. The molecular weight excluding hydrogens is 430 g/mol. The third-order valence-electron chi connectivity index (χ3n) is 4.27. The lowest BCUT2D eigenvalue weighted by molar-refractivity contribution is -0.142. The topological polar surface area (TPSA) is 85.5 Å². The highest BCUT2D eigenvalue weighted by Gasteiger charge is 2.24. The molecule has 3 aromatic rings. The lowest BCUT2D eigenvalue weighted by atomic mass is 10.1. The molecule has 2 aromatic carbocycles. The van der Waals surface area contributed by atoms with Crippen molar-refractivity contribution in [3.05, 3.63) is 71.5 Å². The number of hydrogen-bond donors (Lipinski definition) is 1. The van der Waals surface area contributed by atoms with E-state index in [2.05, 4.69) is 14.2 Å². The quantitative estimate of drug-likeness (QED) is 0.474. The van der Waals surface area contributed by atoms with Crippen LogP contribution in [-0.4, -0.2) is 17.0 Å². The lowest BCUT2D eigenvalue weighted by Gasteiger charge is -2.23. The van der Waals surface area contributed by atoms with Crippen LogP contribution >= 0.6 is 9.24 Å². The molecule has 1 unspecified atom stereocenters. The van der Waals surface area contributed by atoms with Crippen LogP contribution < -0.4 is 15.9 Å². The molecule has 10 heteroatoms. The Morgan fingerprint density at radius 2 is 1.84 bits per heavy atom. The summed E-state index contributed by atoms with van der Waals surface area (Å²) in [6.45, 7) is 0.952. The second-order valence-corrected chi connectivity index (χ2v) is 7.05. The van der Waals surface area contributed by atoms with E-state index < -0.39 is 29.5 Å². The number of esters is 1. The molecule has 1 heterocycles. The van der Waals surface area contributed by atoms with Gasteiger partial charge < -0.3 is 10.5 Å². The van der Waals surface area contributed by atoms with Crippen LogP contribution in [0.2, 0.25) is 0 Å². The maximum absolute atomic E-state index is 14.5. The molecule has 31 heavy (non-hydrogen) atoms. The highest BCUT2D eigenvalue weighted by atomic mass is 31.0. The zero-order valence-corrected chi connectivity index (χ0v) is 17.4. The maximum Gasteiger partial charge on any atom is 0.325 e. The molecule has 6 nitrogen and oxygen atoms in total. The van der Waals surface area contributed by atoms with Gasteiger partial charge in [-0.2, -0.15) is 0 Å². The Hall–Kier alpha value is -3.45. The van der Waals surface area contributed by atoms with E-state index >= 15 is 0 Å². The molecule has 0 saturated carbocycles. The van der Waals surface area contributed by atoms with Gasteiger partial charge in [-0.3, -0.25) is 4.79 Å². The first kappa shape index (κ1) is 22.2. The van der Waals surface area contributed by atoms with E-state index in [1.165, 1.54) is 25.1 Å². The Labute approximate surface area is 178 Å². The predicted molar refractivity (Wildman–Crippen MR) is 113 cm³/mol. The van der Waals surface area contributed by atoms with Crippen molar-refractivity contribution in [1.82, 2.24) is 4.98 Å². The molecule has 0 radical (unpaired) electrons. The fraction of sp³-hybridized carbons (Fsp3) is 0.0952. The molecule has 1 aromatic heterocycles. The number of primary amides is 1. The number of halogens is 3. The number of pyridine rings is 1. The van der Waals surface area contributed by atoms with Gasteiger partial charge in [0.15, 0.2) is 0 Å². The average molecular weight is 447 g/mol. The summed E-state index contributed by atoms with van der Waals surface area (Å²) < 4.78 is 47.4.